The fourth-order valence-electron chi connectivity index (χ4n) is 4.40. The molecule has 2 aromatic rings. The lowest BCUT2D eigenvalue weighted by Gasteiger charge is -2.43. The molecule has 1 heterocycles. The van der Waals surface area contributed by atoms with Crippen molar-refractivity contribution in [2.45, 2.75) is 50.6 Å². The van der Waals surface area contributed by atoms with Gasteiger partial charge in [-0.05, 0) is 67.8 Å². The summed E-state index contributed by atoms with van der Waals surface area (Å²) in [6, 6.07) is 20.6. The van der Waals surface area contributed by atoms with Crippen molar-refractivity contribution in [3.8, 4) is 17.2 Å². The van der Waals surface area contributed by atoms with Crippen molar-refractivity contribution in [3.05, 3.63) is 59.7 Å². The van der Waals surface area contributed by atoms with Crippen LogP contribution in [-0.4, -0.2) is 23.5 Å². The molecule has 2 fully saturated rings. The number of rotatable bonds is 3. The molecule has 0 N–H and O–H groups in total. The normalized spacial score (nSPS) is 26.8. The third kappa shape index (κ3) is 2.74. The standard InChI is InChI=1S/C22H24N2/c1-16-5-4-12-24(16)21-13-20(14-21)17-8-10-18(11-9-17)22-7-3-2-6-19(22)15-23/h2-3,6-11,16,20-21H,4-5,12-14H2,1H3/t16-,20-,21-/m1/s1. The first-order chi connectivity index (χ1) is 11.8. The van der Waals surface area contributed by atoms with Crippen molar-refractivity contribution in [3.63, 3.8) is 0 Å². The molecule has 1 aliphatic carbocycles. The van der Waals surface area contributed by atoms with Crippen molar-refractivity contribution >= 4 is 0 Å². The molecule has 2 heteroatoms. The van der Waals surface area contributed by atoms with Gasteiger partial charge >= 0.3 is 0 Å². The molecule has 0 aromatic heterocycles. The average molecular weight is 316 g/mol. The molecule has 4 rings (SSSR count). The molecule has 24 heavy (non-hydrogen) atoms. The van der Waals surface area contributed by atoms with E-state index in [1.807, 2.05) is 24.3 Å². The highest BCUT2D eigenvalue weighted by atomic mass is 15.2. The smallest absolute Gasteiger partial charge is 0.0998 e. The van der Waals surface area contributed by atoms with E-state index in [4.69, 9.17) is 0 Å². The summed E-state index contributed by atoms with van der Waals surface area (Å²) in [5, 5.41) is 9.27. The second-order valence-electron chi connectivity index (χ2n) is 7.33. The Hall–Kier alpha value is -2.11. The summed E-state index contributed by atoms with van der Waals surface area (Å²) >= 11 is 0. The van der Waals surface area contributed by atoms with Crippen LogP contribution in [0.25, 0.3) is 11.1 Å². The largest absolute Gasteiger partial charge is 0.298 e. The lowest BCUT2D eigenvalue weighted by atomic mass is 9.74. The summed E-state index contributed by atoms with van der Waals surface area (Å²) in [5.74, 6) is 0.711. The molecular formula is C22H24N2. The van der Waals surface area contributed by atoms with E-state index in [1.54, 1.807) is 0 Å². The Kier molecular flexibility index (Phi) is 4.12. The van der Waals surface area contributed by atoms with E-state index >= 15 is 0 Å². The lowest BCUT2D eigenvalue weighted by Crippen LogP contribution is -2.45. The average Bonchev–Trinajstić information content (AvgIpc) is 3.00. The van der Waals surface area contributed by atoms with Gasteiger partial charge in [-0.15, -0.1) is 0 Å². The zero-order chi connectivity index (χ0) is 16.5. The van der Waals surface area contributed by atoms with Gasteiger partial charge in [0.1, 0.15) is 0 Å². The lowest BCUT2D eigenvalue weighted by molar-refractivity contribution is 0.103. The van der Waals surface area contributed by atoms with E-state index in [0.717, 1.165) is 28.8 Å². The van der Waals surface area contributed by atoms with Gasteiger partial charge < -0.3 is 0 Å². The monoisotopic (exact) mass is 316 g/mol. The zero-order valence-electron chi connectivity index (χ0n) is 14.3. The van der Waals surface area contributed by atoms with Crippen molar-refractivity contribution < 1.29 is 0 Å². The van der Waals surface area contributed by atoms with Crippen LogP contribution < -0.4 is 0 Å². The Bertz CT molecular complexity index is 750. The van der Waals surface area contributed by atoms with Crippen LogP contribution in [0, 0.1) is 11.3 Å². The number of benzene rings is 2. The Balaban J connectivity index is 1.45. The Labute approximate surface area is 144 Å². The summed E-state index contributed by atoms with van der Waals surface area (Å²) in [7, 11) is 0. The maximum atomic E-state index is 9.27. The molecule has 122 valence electrons. The van der Waals surface area contributed by atoms with E-state index in [-0.39, 0.29) is 0 Å². The molecule has 0 amide bonds. The molecule has 2 aromatic carbocycles. The van der Waals surface area contributed by atoms with Gasteiger partial charge in [0.05, 0.1) is 11.6 Å². The molecule has 0 spiro atoms. The second kappa shape index (κ2) is 6.42. The zero-order valence-corrected chi connectivity index (χ0v) is 14.3. The fraction of sp³-hybridized carbons (Fsp3) is 0.409. The molecule has 0 radical (unpaired) electrons. The van der Waals surface area contributed by atoms with Crippen LogP contribution in [0.4, 0.5) is 0 Å². The third-order valence-electron chi connectivity index (χ3n) is 5.93. The molecule has 0 unspecified atom stereocenters. The number of nitriles is 1. The highest BCUT2D eigenvalue weighted by Gasteiger charge is 2.37. The van der Waals surface area contributed by atoms with E-state index in [9.17, 15) is 5.26 Å². The molecule has 2 nitrogen and oxygen atoms in total. The van der Waals surface area contributed by atoms with Gasteiger partial charge in [-0.3, -0.25) is 4.90 Å². The molecule has 1 aliphatic heterocycles. The highest BCUT2D eigenvalue weighted by molar-refractivity contribution is 5.70. The van der Waals surface area contributed by atoms with Crippen molar-refractivity contribution in [2.24, 2.45) is 0 Å². The van der Waals surface area contributed by atoms with E-state index in [0.29, 0.717) is 5.92 Å². The van der Waals surface area contributed by atoms with Crippen LogP contribution in [-0.2, 0) is 0 Å². The first-order valence-corrected chi connectivity index (χ1v) is 9.11. The summed E-state index contributed by atoms with van der Waals surface area (Å²) in [5.41, 5.74) is 4.37. The molecular weight excluding hydrogens is 292 g/mol. The van der Waals surface area contributed by atoms with Crippen LogP contribution in [0.5, 0.6) is 0 Å². The highest BCUT2D eigenvalue weighted by Crippen LogP contribution is 2.42. The van der Waals surface area contributed by atoms with Gasteiger partial charge in [0, 0.05) is 12.1 Å². The Morgan fingerprint density at radius 3 is 2.46 bits per heavy atom. The second-order valence-corrected chi connectivity index (χ2v) is 7.33. The molecule has 0 bridgehead atoms. The summed E-state index contributed by atoms with van der Waals surface area (Å²) < 4.78 is 0. The van der Waals surface area contributed by atoms with E-state index < -0.39 is 0 Å². The molecule has 1 saturated carbocycles. The van der Waals surface area contributed by atoms with Crippen molar-refractivity contribution in [1.29, 1.82) is 5.26 Å². The SMILES string of the molecule is C[C@@H]1CCCN1[C@H]1C[C@H](c2ccc(-c3ccccc3C#N)cc2)C1. The Morgan fingerprint density at radius 1 is 1.04 bits per heavy atom. The van der Waals surface area contributed by atoms with Gasteiger partial charge in [-0.2, -0.15) is 5.26 Å². The maximum Gasteiger partial charge on any atom is 0.0998 e. The first kappa shape index (κ1) is 15.4. The summed E-state index contributed by atoms with van der Waals surface area (Å²) in [4.78, 5) is 2.72. The molecule has 2 aliphatic rings. The predicted molar refractivity (Wildman–Crippen MR) is 97.8 cm³/mol. The van der Waals surface area contributed by atoms with Gasteiger partial charge in [-0.25, -0.2) is 0 Å². The van der Waals surface area contributed by atoms with E-state index in [1.165, 1.54) is 37.8 Å². The summed E-state index contributed by atoms with van der Waals surface area (Å²) in [6.07, 6.45) is 5.35. The number of nitrogens with zero attached hydrogens (tertiary/aromatic N) is 2. The van der Waals surface area contributed by atoms with E-state index in [2.05, 4.69) is 42.2 Å². The minimum atomic E-state index is 0.711. The predicted octanol–water partition coefficient (Wildman–Crippen LogP) is 4.96. The minimum Gasteiger partial charge on any atom is -0.298 e. The van der Waals surface area contributed by atoms with Crippen LogP contribution in [0.15, 0.2) is 48.5 Å². The minimum absolute atomic E-state index is 0.711. The topological polar surface area (TPSA) is 27.0 Å². The van der Waals surface area contributed by atoms with Crippen LogP contribution in [0.2, 0.25) is 0 Å². The Morgan fingerprint density at radius 2 is 1.79 bits per heavy atom. The summed E-state index contributed by atoms with van der Waals surface area (Å²) in [6.45, 7) is 3.67. The van der Waals surface area contributed by atoms with Gasteiger partial charge in [0.25, 0.3) is 0 Å². The molecule has 1 atom stereocenters. The molecule has 1 saturated heterocycles. The first-order valence-electron chi connectivity index (χ1n) is 9.11. The van der Waals surface area contributed by atoms with Gasteiger partial charge in [0.15, 0.2) is 0 Å². The number of hydrogen-bond acceptors (Lipinski definition) is 2. The van der Waals surface area contributed by atoms with Crippen LogP contribution >= 0.6 is 0 Å². The maximum absolute atomic E-state index is 9.27. The third-order valence-corrected chi connectivity index (χ3v) is 5.93. The van der Waals surface area contributed by atoms with Crippen LogP contribution in [0.3, 0.4) is 0 Å². The number of likely N-dealkylation sites (tertiary alicyclic amines) is 1. The number of hydrogen-bond donors (Lipinski definition) is 0. The van der Waals surface area contributed by atoms with Gasteiger partial charge in [-0.1, -0.05) is 42.5 Å². The van der Waals surface area contributed by atoms with Gasteiger partial charge in [0.2, 0.25) is 0 Å². The van der Waals surface area contributed by atoms with Crippen molar-refractivity contribution in [1.82, 2.24) is 4.90 Å². The van der Waals surface area contributed by atoms with Crippen molar-refractivity contribution in [2.75, 3.05) is 6.54 Å². The quantitative estimate of drug-likeness (QED) is 0.800. The van der Waals surface area contributed by atoms with Crippen LogP contribution in [0.1, 0.15) is 49.7 Å². The fourth-order valence-corrected chi connectivity index (χ4v) is 4.40.